The van der Waals surface area contributed by atoms with Crippen molar-refractivity contribution in [2.75, 3.05) is 13.1 Å². The van der Waals surface area contributed by atoms with Gasteiger partial charge in [-0.25, -0.2) is 0 Å². The molecule has 0 aliphatic carbocycles. The molecule has 0 aliphatic rings. The first-order valence-electron chi connectivity index (χ1n) is 7.71. The van der Waals surface area contributed by atoms with Crippen LogP contribution < -0.4 is 10.6 Å². The monoisotopic (exact) mass is 300 g/mol. The Balaban J connectivity index is 3.85. The quantitative estimate of drug-likeness (QED) is 0.599. The van der Waals surface area contributed by atoms with Crippen LogP contribution in [0, 0.1) is 11.3 Å². The van der Waals surface area contributed by atoms with Gasteiger partial charge >= 0.3 is 0 Å². The molecule has 0 aliphatic heterocycles. The van der Waals surface area contributed by atoms with Crippen LogP contribution in [0.4, 0.5) is 0 Å². The number of hydrogen-bond donors (Lipinski definition) is 3. The maximum absolute atomic E-state index is 11.7. The zero-order valence-electron chi connectivity index (χ0n) is 14.4. The minimum absolute atomic E-state index is 0.0113. The van der Waals surface area contributed by atoms with Crippen molar-refractivity contribution >= 4 is 11.8 Å². The van der Waals surface area contributed by atoms with Crippen LogP contribution in [0.1, 0.15) is 60.8 Å². The molecule has 21 heavy (non-hydrogen) atoms. The summed E-state index contributed by atoms with van der Waals surface area (Å²) in [5.41, 5.74) is -1.28. The third kappa shape index (κ3) is 10.3. The highest BCUT2D eigenvalue weighted by Gasteiger charge is 2.22. The first-order chi connectivity index (χ1) is 9.44. The number of amides is 2. The maximum Gasteiger partial charge on any atom is 0.225 e. The Bertz CT molecular complexity index is 344. The molecule has 0 aromatic rings. The molecule has 0 fully saturated rings. The highest BCUT2D eigenvalue weighted by molar-refractivity contribution is 5.81. The summed E-state index contributed by atoms with van der Waals surface area (Å²) in [6.45, 7) is 12.1. The lowest BCUT2D eigenvalue weighted by molar-refractivity contribution is -0.128. The second-order valence-corrected chi connectivity index (χ2v) is 7.48. The van der Waals surface area contributed by atoms with Gasteiger partial charge in [-0.15, -0.1) is 0 Å². The fraction of sp³-hybridized carbons (Fsp3) is 0.875. The largest absolute Gasteiger partial charge is 0.388 e. The standard InChI is InChI=1S/C16H32N2O3/c1-12(2)10-16(6,21)11-18-13(19)8-7-9-17-14(20)15(3,4)5/h12,21H,7-11H2,1-6H3,(H,17,20)(H,18,19). The molecular weight excluding hydrogens is 268 g/mol. The van der Waals surface area contributed by atoms with Gasteiger partial charge in [0.2, 0.25) is 11.8 Å². The van der Waals surface area contributed by atoms with Gasteiger partial charge in [-0.3, -0.25) is 9.59 Å². The predicted molar refractivity (Wildman–Crippen MR) is 84.8 cm³/mol. The van der Waals surface area contributed by atoms with E-state index in [9.17, 15) is 14.7 Å². The van der Waals surface area contributed by atoms with Crippen molar-refractivity contribution in [2.24, 2.45) is 11.3 Å². The van der Waals surface area contributed by atoms with Crippen molar-refractivity contribution < 1.29 is 14.7 Å². The van der Waals surface area contributed by atoms with Crippen LogP contribution >= 0.6 is 0 Å². The van der Waals surface area contributed by atoms with Gasteiger partial charge in [0.05, 0.1) is 5.60 Å². The van der Waals surface area contributed by atoms with E-state index in [0.717, 1.165) is 0 Å². The average Bonchev–Trinajstić information content (AvgIpc) is 2.29. The minimum Gasteiger partial charge on any atom is -0.388 e. The molecule has 0 heterocycles. The highest BCUT2D eigenvalue weighted by atomic mass is 16.3. The summed E-state index contributed by atoms with van der Waals surface area (Å²) in [5.74, 6) is 0.274. The summed E-state index contributed by atoms with van der Waals surface area (Å²) in [7, 11) is 0. The van der Waals surface area contributed by atoms with Crippen molar-refractivity contribution in [2.45, 2.75) is 66.4 Å². The first-order valence-corrected chi connectivity index (χ1v) is 7.71. The van der Waals surface area contributed by atoms with E-state index < -0.39 is 11.0 Å². The van der Waals surface area contributed by atoms with E-state index in [1.54, 1.807) is 6.92 Å². The molecule has 0 bridgehead atoms. The molecule has 5 heteroatoms. The third-order valence-electron chi connectivity index (χ3n) is 3.06. The molecule has 0 aromatic carbocycles. The molecule has 3 N–H and O–H groups in total. The molecule has 0 rings (SSSR count). The van der Waals surface area contributed by atoms with E-state index in [4.69, 9.17) is 0 Å². The number of nitrogens with one attached hydrogen (secondary N) is 2. The van der Waals surface area contributed by atoms with Crippen LogP contribution in [0.25, 0.3) is 0 Å². The SMILES string of the molecule is CC(C)CC(C)(O)CNC(=O)CCCNC(=O)C(C)(C)C. The Morgan fingerprint density at radius 3 is 2.14 bits per heavy atom. The topological polar surface area (TPSA) is 78.4 Å². The van der Waals surface area contributed by atoms with Crippen molar-refractivity contribution in [3.63, 3.8) is 0 Å². The highest BCUT2D eigenvalue weighted by Crippen LogP contribution is 2.15. The molecule has 0 saturated heterocycles. The number of aliphatic hydroxyl groups is 1. The zero-order chi connectivity index (χ0) is 16.7. The van der Waals surface area contributed by atoms with Gasteiger partial charge in [0.25, 0.3) is 0 Å². The molecular formula is C16H32N2O3. The van der Waals surface area contributed by atoms with E-state index in [-0.39, 0.29) is 18.4 Å². The molecule has 1 unspecified atom stereocenters. The number of hydrogen-bond acceptors (Lipinski definition) is 3. The van der Waals surface area contributed by atoms with E-state index >= 15 is 0 Å². The van der Waals surface area contributed by atoms with E-state index in [0.29, 0.717) is 31.7 Å². The van der Waals surface area contributed by atoms with Crippen LogP contribution in [0.15, 0.2) is 0 Å². The minimum atomic E-state index is -0.871. The van der Waals surface area contributed by atoms with Gasteiger partial charge in [-0.2, -0.15) is 0 Å². The third-order valence-corrected chi connectivity index (χ3v) is 3.06. The maximum atomic E-state index is 11.7. The van der Waals surface area contributed by atoms with Crippen LogP contribution in [0.3, 0.4) is 0 Å². The predicted octanol–water partition coefficient (Wildman–Crippen LogP) is 1.84. The first kappa shape index (κ1) is 19.9. The molecule has 2 amide bonds. The fourth-order valence-corrected chi connectivity index (χ4v) is 2.05. The van der Waals surface area contributed by atoms with E-state index in [1.165, 1.54) is 0 Å². The Morgan fingerprint density at radius 2 is 1.67 bits per heavy atom. The van der Waals surface area contributed by atoms with Gasteiger partial charge < -0.3 is 15.7 Å². The molecule has 0 radical (unpaired) electrons. The van der Waals surface area contributed by atoms with Crippen molar-refractivity contribution in [3.8, 4) is 0 Å². The van der Waals surface area contributed by atoms with Gasteiger partial charge in [0, 0.05) is 24.9 Å². The Hall–Kier alpha value is -1.10. The van der Waals surface area contributed by atoms with Crippen molar-refractivity contribution in [3.05, 3.63) is 0 Å². The van der Waals surface area contributed by atoms with Crippen molar-refractivity contribution in [1.82, 2.24) is 10.6 Å². The lowest BCUT2D eigenvalue weighted by Gasteiger charge is -2.25. The normalized spacial score (nSPS) is 14.7. The van der Waals surface area contributed by atoms with Crippen LogP contribution in [0.5, 0.6) is 0 Å². The van der Waals surface area contributed by atoms with Crippen LogP contribution in [-0.4, -0.2) is 35.6 Å². The number of carbonyl (C=O) groups is 2. The summed E-state index contributed by atoms with van der Waals surface area (Å²) in [6, 6.07) is 0. The average molecular weight is 300 g/mol. The second-order valence-electron chi connectivity index (χ2n) is 7.48. The zero-order valence-corrected chi connectivity index (χ0v) is 14.4. The second kappa shape index (κ2) is 8.37. The summed E-state index contributed by atoms with van der Waals surface area (Å²) in [5, 5.41) is 15.6. The van der Waals surface area contributed by atoms with E-state index in [2.05, 4.69) is 10.6 Å². The molecule has 5 nitrogen and oxygen atoms in total. The van der Waals surface area contributed by atoms with Gasteiger partial charge in [-0.05, 0) is 25.7 Å². The smallest absolute Gasteiger partial charge is 0.225 e. The molecule has 0 aromatic heterocycles. The van der Waals surface area contributed by atoms with Crippen molar-refractivity contribution in [1.29, 1.82) is 0 Å². The van der Waals surface area contributed by atoms with Gasteiger partial charge in [0.1, 0.15) is 0 Å². The van der Waals surface area contributed by atoms with Crippen LogP contribution in [-0.2, 0) is 9.59 Å². The van der Waals surface area contributed by atoms with Crippen LogP contribution in [0.2, 0.25) is 0 Å². The number of rotatable bonds is 8. The summed E-state index contributed by atoms with van der Waals surface area (Å²) in [6.07, 6.45) is 1.59. The Labute approximate surface area is 128 Å². The summed E-state index contributed by atoms with van der Waals surface area (Å²) in [4.78, 5) is 23.3. The van der Waals surface area contributed by atoms with Gasteiger partial charge in [0.15, 0.2) is 0 Å². The lowest BCUT2D eigenvalue weighted by Crippen LogP contribution is -2.41. The molecule has 1 atom stereocenters. The summed E-state index contributed by atoms with van der Waals surface area (Å²) >= 11 is 0. The molecule has 0 spiro atoms. The fourth-order valence-electron chi connectivity index (χ4n) is 2.05. The van der Waals surface area contributed by atoms with Gasteiger partial charge in [-0.1, -0.05) is 34.6 Å². The van der Waals surface area contributed by atoms with E-state index in [1.807, 2.05) is 34.6 Å². The lowest BCUT2D eigenvalue weighted by atomic mass is 9.94. The molecule has 0 saturated carbocycles. The summed E-state index contributed by atoms with van der Waals surface area (Å²) < 4.78 is 0. The Morgan fingerprint density at radius 1 is 1.10 bits per heavy atom. The Kier molecular flexibility index (Phi) is 7.93. The number of carbonyl (C=O) groups excluding carboxylic acids is 2. The molecule has 124 valence electrons.